The maximum Gasteiger partial charge on any atom is 0.522 e. The van der Waals surface area contributed by atoms with Gasteiger partial charge in [0.15, 0.2) is 0 Å². The van der Waals surface area contributed by atoms with Crippen LogP contribution in [0.2, 0.25) is 0 Å². The summed E-state index contributed by atoms with van der Waals surface area (Å²) in [4.78, 5) is 0.754. The van der Waals surface area contributed by atoms with Gasteiger partial charge >= 0.3 is 15.6 Å². The van der Waals surface area contributed by atoms with Gasteiger partial charge in [0, 0.05) is 4.90 Å². The second kappa shape index (κ2) is 8.84. The zero-order valence-electron chi connectivity index (χ0n) is 16.1. The molecule has 0 unspecified atom stereocenters. The van der Waals surface area contributed by atoms with Crippen molar-refractivity contribution < 1.29 is 30.5 Å². The Kier molecular flexibility index (Phi) is 7.72. The molecule has 0 saturated carbocycles. The van der Waals surface area contributed by atoms with Crippen molar-refractivity contribution in [1.29, 1.82) is 0 Å². The van der Waals surface area contributed by atoms with Crippen LogP contribution in [0.1, 0.15) is 33.4 Å². The van der Waals surface area contributed by atoms with Crippen molar-refractivity contribution in [2.24, 2.45) is 0 Å². The number of thiol groups is 1. The minimum atomic E-state index is -5.84. The van der Waals surface area contributed by atoms with E-state index in [4.69, 9.17) is 13.0 Å². The molecule has 0 heterocycles. The van der Waals surface area contributed by atoms with Crippen LogP contribution in [0.5, 0.6) is 0 Å². The number of halogens is 4. The fourth-order valence-corrected chi connectivity index (χ4v) is 2.96. The second-order valence-electron chi connectivity index (χ2n) is 6.49. The molecule has 2 rings (SSSR count). The Labute approximate surface area is 167 Å². The quantitative estimate of drug-likeness (QED) is 0.260. The van der Waals surface area contributed by atoms with Crippen LogP contribution in [0.15, 0.2) is 23.1 Å². The fraction of sp³-hybridized carbons (Fsp3) is 0.368. The summed E-state index contributed by atoms with van der Waals surface area (Å²) in [5.41, 5.74) is 3.53. The van der Waals surface area contributed by atoms with Gasteiger partial charge in [-0.1, -0.05) is 23.8 Å². The molecule has 1 N–H and O–H groups in total. The lowest BCUT2D eigenvalue weighted by atomic mass is 9.89. The van der Waals surface area contributed by atoms with Crippen molar-refractivity contribution >= 4 is 22.7 Å². The molecule has 9 heteroatoms. The van der Waals surface area contributed by atoms with Gasteiger partial charge in [-0.3, -0.25) is 4.55 Å². The zero-order chi connectivity index (χ0) is 22.0. The first-order valence-electron chi connectivity index (χ1n) is 8.11. The predicted octanol–water partition coefficient (Wildman–Crippen LogP) is 6.05. The van der Waals surface area contributed by atoms with Crippen LogP contribution in [0.4, 0.5) is 17.6 Å². The van der Waals surface area contributed by atoms with Gasteiger partial charge in [-0.25, -0.2) is 4.39 Å². The Balaban J connectivity index is 0.000000416. The van der Waals surface area contributed by atoms with Gasteiger partial charge in [-0.2, -0.15) is 21.6 Å². The molecule has 0 spiro atoms. The lowest BCUT2D eigenvalue weighted by Gasteiger charge is -2.17. The average molecular weight is 439 g/mol. The minimum absolute atomic E-state index is 0.476. The van der Waals surface area contributed by atoms with Crippen LogP contribution in [-0.4, -0.2) is 18.5 Å². The Morgan fingerprint density at radius 1 is 0.929 bits per heavy atom. The van der Waals surface area contributed by atoms with Gasteiger partial charge in [0.05, 0.1) is 0 Å². The predicted molar refractivity (Wildman–Crippen MR) is 105 cm³/mol. The number of benzene rings is 2. The molecule has 2 aromatic carbocycles. The minimum Gasteiger partial charge on any atom is -0.279 e. The standard InChI is InChI=1S/C18H21FS.CHF3O3S/c1-10-6-15(9-19)18(20)17(7-10)16-8-11(2)12(3)13(4)14(16)5;2-1(3,4)8(5,6)7/h6-8,20H,9H2,1-5H3;(H,5,6,7). The molecule has 0 aromatic heterocycles. The van der Waals surface area contributed by atoms with Crippen LogP contribution in [-0.2, 0) is 16.8 Å². The van der Waals surface area contributed by atoms with E-state index in [1.807, 2.05) is 13.0 Å². The lowest BCUT2D eigenvalue weighted by molar-refractivity contribution is -0.0510. The summed E-state index contributed by atoms with van der Waals surface area (Å²) < 4.78 is 70.7. The summed E-state index contributed by atoms with van der Waals surface area (Å²) in [6.07, 6.45) is 0. The van der Waals surface area contributed by atoms with Crippen molar-refractivity contribution in [3.8, 4) is 11.1 Å². The van der Waals surface area contributed by atoms with Crippen LogP contribution >= 0.6 is 12.6 Å². The third-order valence-electron chi connectivity index (χ3n) is 4.54. The molecule has 0 radical (unpaired) electrons. The highest BCUT2D eigenvalue weighted by molar-refractivity contribution is 7.86. The normalized spacial score (nSPS) is 11.8. The van der Waals surface area contributed by atoms with Crippen molar-refractivity contribution in [3.05, 3.63) is 51.6 Å². The van der Waals surface area contributed by atoms with Crippen LogP contribution in [0, 0.1) is 34.6 Å². The molecule has 0 bridgehead atoms. The largest absolute Gasteiger partial charge is 0.522 e. The fourth-order valence-electron chi connectivity index (χ4n) is 2.65. The molecule has 0 aliphatic rings. The van der Waals surface area contributed by atoms with E-state index in [0.29, 0.717) is 5.56 Å². The average Bonchev–Trinajstić information content (AvgIpc) is 2.57. The topological polar surface area (TPSA) is 54.4 Å². The van der Waals surface area contributed by atoms with Crippen LogP contribution < -0.4 is 0 Å². The summed E-state index contributed by atoms with van der Waals surface area (Å²) in [7, 11) is -5.84. The summed E-state index contributed by atoms with van der Waals surface area (Å²) in [5.74, 6) is 0. The molecule has 0 amide bonds. The third-order valence-corrected chi connectivity index (χ3v) is 5.65. The third kappa shape index (κ3) is 5.48. The first-order valence-corrected chi connectivity index (χ1v) is 10.0. The molecule has 0 aliphatic heterocycles. The summed E-state index contributed by atoms with van der Waals surface area (Å²) in [6.45, 7) is 10.1. The molecule has 28 heavy (non-hydrogen) atoms. The summed E-state index contributed by atoms with van der Waals surface area (Å²) in [5, 5.41) is 0. The van der Waals surface area contributed by atoms with E-state index in [2.05, 4.69) is 52.5 Å². The van der Waals surface area contributed by atoms with Gasteiger partial charge in [0.2, 0.25) is 0 Å². The molecule has 0 aliphatic carbocycles. The molecule has 0 fully saturated rings. The van der Waals surface area contributed by atoms with E-state index >= 15 is 0 Å². The molecule has 156 valence electrons. The maximum atomic E-state index is 13.1. The first kappa shape index (κ1) is 24.5. The number of aryl methyl sites for hydroxylation is 2. The molecule has 0 saturated heterocycles. The monoisotopic (exact) mass is 438 g/mol. The highest BCUT2D eigenvalue weighted by Gasteiger charge is 2.44. The Morgan fingerprint density at radius 2 is 1.43 bits per heavy atom. The summed E-state index contributed by atoms with van der Waals surface area (Å²) in [6, 6.07) is 6.15. The van der Waals surface area contributed by atoms with Gasteiger partial charge in [0.1, 0.15) is 6.67 Å². The highest BCUT2D eigenvalue weighted by Crippen LogP contribution is 2.36. The summed E-state index contributed by atoms with van der Waals surface area (Å²) >= 11 is 4.55. The van der Waals surface area contributed by atoms with Gasteiger partial charge in [-0.05, 0) is 73.6 Å². The van der Waals surface area contributed by atoms with Gasteiger partial charge in [0.25, 0.3) is 0 Å². The number of rotatable bonds is 2. The van der Waals surface area contributed by atoms with E-state index in [-0.39, 0.29) is 0 Å². The number of hydrogen-bond acceptors (Lipinski definition) is 3. The maximum absolute atomic E-state index is 13.1. The molecule has 0 atom stereocenters. The van der Waals surface area contributed by atoms with E-state index in [0.717, 1.165) is 21.6 Å². The van der Waals surface area contributed by atoms with Crippen molar-refractivity contribution in [2.75, 3.05) is 0 Å². The molecular formula is C19H22F4O3S2. The SMILES string of the molecule is Cc1cc(CF)c(S)c(-c2cc(C)c(C)c(C)c2C)c1.O=S(=O)(O)C(F)(F)F. The van der Waals surface area contributed by atoms with Crippen molar-refractivity contribution in [1.82, 2.24) is 0 Å². The zero-order valence-corrected chi connectivity index (χ0v) is 17.8. The van der Waals surface area contributed by atoms with Crippen LogP contribution in [0.3, 0.4) is 0 Å². The van der Waals surface area contributed by atoms with E-state index in [9.17, 15) is 17.6 Å². The smallest absolute Gasteiger partial charge is 0.279 e. The van der Waals surface area contributed by atoms with Crippen LogP contribution in [0.25, 0.3) is 11.1 Å². The van der Waals surface area contributed by atoms with Crippen molar-refractivity contribution in [2.45, 2.75) is 51.7 Å². The van der Waals surface area contributed by atoms with Gasteiger partial charge in [-0.15, -0.1) is 12.6 Å². The number of alkyl halides is 4. The highest BCUT2D eigenvalue weighted by atomic mass is 32.2. The molecule has 2 aromatic rings. The Morgan fingerprint density at radius 3 is 1.86 bits per heavy atom. The van der Waals surface area contributed by atoms with E-state index in [1.165, 1.54) is 22.3 Å². The van der Waals surface area contributed by atoms with Gasteiger partial charge < -0.3 is 0 Å². The molecular weight excluding hydrogens is 416 g/mol. The molecule has 3 nitrogen and oxygen atoms in total. The number of hydrogen-bond donors (Lipinski definition) is 2. The Bertz CT molecular complexity index is 982. The first-order chi connectivity index (χ1) is 12.6. The van der Waals surface area contributed by atoms with E-state index < -0.39 is 22.3 Å². The second-order valence-corrected chi connectivity index (χ2v) is 8.35. The van der Waals surface area contributed by atoms with Crippen molar-refractivity contribution in [3.63, 3.8) is 0 Å². The lowest BCUT2D eigenvalue weighted by Crippen LogP contribution is -2.21. The Hall–Kier alpha value is -1.58. The van der Waals surface area contributed by atoms with E-state index in [1.54, 1.807) is 0 Å².